The Morgan fingerprint density at radius 2 is 2.00 bits per heavy atom. The molecule has 0 saturated heterocycles. The van der Waals surface area contributed by atoms with Crippen LogP contribution in [0.1, 0.15) is 0 Å². The lowest BCUT2D eigenvalue weighted by Crippen LogP contribution is -2.29. The highest BCUT2D eigenvalue weighted by Gasteiger charge is 2.16. The van der Waals surface area contributed by atoms with Crippen LogP contribution in [0.15, 0.2) is 18.2 Å². The lowest BCUT2D eigenvalue weighted by Gasteiger charge is -2.04. The van der Waals surface area contributed by atoms with Crippen molar-refractivity contribution in [3.63, 3.8) is 0 Å². The third-order valence-corrected chi connectivity index (χ3v) is 1.97. The standard InChI is InChI=1S/C7H4ClF2NO4S/c8-16(13,14)11-7(12)15-5-3-1-2-4(9)6(5)10/h1-3H,(H,11,12). The zero-order chi connectivity index (χ0) is 12.3. The third-order valence-electron chi connectivity index (χ3n) is 1.32. The Morgan fingerprint density at radius 3 is 2.56 bits per heavy atom. The minimum Gasteiger partial charge on any atom is -0.406 e. The maximum Gasteiger partial charge on any atom is 0.427 e. The van der Waals surface area contributed by atoms with Crippen LogP contribution in [0.5, 0.6) is 5.75 Å². The molecule has 1 amide bonds. The largest absolute Gasteiger partial charge is 0.427 e. The Kier molecular flexibility index (Phi) is 3.66. The molecule has 1 aromatic carbocycles. The minimum absolute atomic E-state index is 0.752. The van der Waals surface area contributed by atoms with Crippen LogP contribution in [0.25, 0.3) is 0 Å². The molecular formula is C7H4ClF2NO4S. The Morgan fingerprint density at radius 1 is 1.38 bits per heavy atom. The summed E-state index contributed by atoms with van der Waals surface area (Å²) in [6.07, 6.45) is -1.54. The quantitative estimate of drug-likeness (QED) is 0.828. The van der Waals surface area contributed by atoms with Gasteiger partial charge in [-0.05, 0) is 12.1 Å². The Bertz CT molecular complexity index is 519. The Hall–Kier alpha value is -1.41. The number of amides is 1. The fraction of sp³-hybridized carbons (Fsp3) is 0. The lowest BCUT2D eigenvalue weighted by molar-refractivity contribution is 0.204. The molecule has 0 aliphatic heterocycles. The first-order chi connectivity index (χ1) is 7.29. The molecule has 0 fully saturated rings. The predicted molar refractivity (Wildman–Crippen MR) is 50.3 cm³/mol. The highest BCUT2D eigenvalue weighted by molar-refractivity contribution is 8.12. The summed E-state index contributed by atoms with van der Waals surface area (Å²) in [5.41, 5.74) is 0. The molecule has 1 rings (SSSR count). The van der Waals surface area contributed by atoms with Crippen molar-refractivity contribution in [1.29, 1.82) is 0 Å². The van der Waals surface area contributed by atoms with Crippen LogP contribution in [-0.2, 0) is 9.24 Å². The van der Waals surface area contributed by atoms with Gasteiger partial charge in [0.1, 0.15) is 0 Å². The third kappa shape index (κ3) is 3.63. The van der Waals surface area contributed by atoms with E-state index in [-0.39, 0.29) is 0 Å². The van der Waals surface area contributed by atoms with Crippen LogP contribution in [0.2, 0.25) is 0 Å². The van der Waals surface area contributed by atoms with Crippen molar-refractivity contribution in [2.75, 3.05) is 0 Å². The van der Waals surface area contributed by atoms with E-state index in [4.69, 9.17) is 0 Å². The van der Waals surface area contributed by atoms with Gasteiger partial charge in [0.2, 0.25) is 5.82 Å². The molecule has 0 spiro atoms. The molecule has 0 aliphatic carbocycles. The molecular weight excluding hydrogens is 268 g/mol. The van der Waals surface area contributed by atoms with Gasteiger partial charge in [0, 0.05) is 10.7 Å². The number of carbonyl (C=O) groups is 1. The van der Waals surface area contributed by atoms with E-state index in [1.165, 1.54) is 4.72 Å². The number of benzene rings is 1. The van der Waals surface area contributed by atoms with E-state index in [1.54, 1.807) is 0 Å². The number of hydrogen-bond acceptors (Lipinski definition) is 4. The fourth-order valence-corrected chi connectivity index (χ4v) is 1.21. The lowest BCUT2D eigenvalue weighted by atomic mass is 10.3. The topological polar surface area (TPSA) is 72.5 Å². The van der Waals surface area contributed by atoms with Crippen molar-refractivity contribution in [2.24, 2.45) is 0 Å². The summed E-state index contributed by atoms with van der Waals surface area (Å²) < 4.78 is 51.7. The Labute approximate surface area is 93.5 Å². The molecule has 16 heavy (non-hydrogen) atoms. The van der Waals surface area contributed by atoms with Gasteiger partial charge >= 0.3 is 15.3 Å². The smallest absolute Gasteiger partial charge is 0.406 e. The maximum absolute atomic E-state index is 12.9. The van der Waals surface area contributed by atoms with E-state index < -0.39 is 32.7 Å². The number of carbonyl (C=O) groups excluding carboxylic acids is 1. The van der Waals surface area contributed by atoms with Crippen LogP contribution >= 0.6 is 10.7 Å². The summed E-state index contributed by atoms with van der Waals surface area (Å²) in [7, 11) is 0.323. The molecule has 1 aromatic rings. The second kappa shape index (κ2) is 4.62. The molecule has 1 N–H and O–H groups in total. The van der Waals surface area contributed by atoms with Crippen LogP contribution in [0, 0.1) is 11.6 Å². The average molecular weight is 272 g/mol. The molecule has 0 aliphatic rings. The van der Waals surface area contributed by atoms with E-state index >= 15 is 0 Å². The van der Waals surface area contributed by atoms with E-state index in [1.807, 2.05) is 0 Å². The zero-order valence-corrected chi connectivity index (χ0v) is 8.98. The fourth-order valence-electron chi connectivity index (χ4n) is 0.783. The molecule has 5 nitrogen and oxygen atoms in total. The normalized spacial score (nSPS) is 10.9. The molecule has 0 heterocycles. The molecule has 0 radical (unpaired) electrons. The van der Waals surface area contributed by atoms with Crippen molar-refractivity contribution in [2.45, 2.75) is 0 Å². The monoisotopic (exact) mass is 271 g/mol. The van der Waals surface area contributed by atoms with E-state index in [2.05, 4.69) is 15.4 Å². The van der Waals surface area contributed by atoms with Crippen LogP contribution in [-0.4, -0.2) is 14.5 Å². The molecule has 88 valence electrons. The van der Waals surface area contributed by atoms with Gasteiger partial charge in [-0.2, -0.15) is 12.8 Å². The molecule has 0 saturated carbocycles. The summed E-state index contributed by atoms with van der Waals surface area (Å²) in [6, 6.07) is 2.83. The summed E-state index contributed by atoms with van der Waals surface area (Å²) in [4.78, 5) is 10.8. The summed E-state index contributed by atoms with van der Waals surface area (Å²) in [5.74, 6) is -3.40. The van der Waals surface area contributed by atoms with E-state index in [0.717, 1.165) is 18.2 Å². The number of halogens is 3. The van der Waals surface area contributed by atoms with Crippen LogP contribution in [0.3, 0.4) is 0 Å². The number of ether oxygens (including phenoxy) is 1. The molecule has 0 atom stereocenters. The second-order valence-electron chi connectivity index (χ2n) is 2.48. The van der Waals surface area contributed by atoms with Gasteiger partial charge in [-0.15, -0.1) is 0 Å². The SMILES string of the molecule is O=C(NS(=O)(=O)Cl)Oc1cccc(F)c1F. The van der Waals surface area contributed by atoms with Gasteiger partial charge in [0.25, 0.3) is 0 Å². The van der Waals surface area contributed by atoms with Crippen molar-refractivity contribution < 1.29 is 26.7 Å². The predicted octanol–water partition coefficient (Wildman–Crippen LogP) is 1.54. The number of hydrogen-bond donors (Lipinski definition) is 1. The molecule has 0 bridgehead atoms. The van der Waals surface area contributed by atoms with Gasteiger partial charge in [0.05, 0.1) is 0 Å². The van der Waals surface area contributed by atoms with E-state index in [0.29, 0.717) is 0 Å². The summed E-state index contributed by atoms with van der Waals surface area (Å²) in [6.45, 7) is 0. The maximum atomic E-state index is 12.9. The van der Waals surface area contributed by atoms with Crippen molar-refractivity contribution in [3.05, 3.63) is 29.8 Å². The molecule has 0 aromatic heterocycles. The zero-order valence-electron chi connectivity index (χ0n) is 7.41. The van der Waals surface area contributed by atoms with E-state index in [9.17, 15) is 22.0 Å². The molecule has 9 heteroatoms. The first kappa shape index (κ1) is 12.7. The van der Waals surface area contributed by atoms with Gasteiger partial charge < -0.3 is 4.74 Å². The van der Waals surface area contributed by atoms with Gasteiger partial charge in [-0.25, -0.2) is 13.9 Å². The minimum atomic E-state index is -4.33. The van der Waals surface area contributed by atoms with Gasteiger partial charge in [-0.1, -0.05) is 6.07 Å². The van der Waals surface area contributed by atoms with Crippen molar-refractivity contribution >= 4 is 26.0 Å². The first-order valence-electron chi connectivity index (χ1n) is 3.68. The van der Waals surface area contributed by atoms with Crippen molar-refractivity contribution in [1.82, 2.24) is 4.72 Å². The Balaban J connectivity index is 2.82. The molecule has 0 unspecified atom stereocenters. The van der Waals surface area contributed by atoms with Crippen LogP contribution < -0.4 is 9.46 Å². The summed E-state index contributed by atoms with van der Waals surface area (Å²) in [5, 5.41) is 0. The highest BCUT2D eigenvalue weighted by atomic mass is 35.7. The number of nitrogens with one attached hydrogen (secondary N) is 1. The first-order valence-corrected chi connectivity index (χ1v) is 5.99. The highest BCUT2D eigenvalue weighted by Crippen LogP contribution is 2.19. The van der Waals surface area contributed by atoms with Gasteiger partial charge in [0.15, 0.2) is 11.6 Å². The van der Waals surface area contributed by atoms with Crippen LogP contribution in [0.4, 0.5) is 13.6 Å². The van der Waals surface area contributed by atoms with Gasteiger partial charge in [-0.3, -0.25) is 0 Å². The summed E-state index contributed by atoms with van der Waals surface area (Å²) >= 11 is 0. The number of rotatable bonds is 2. The second-order valence-corrected chi connectivity index (χ2v) is 4.78. The average Bonchev–Trinajstić information content (AvgIpc) is 2.09. The van der Waals surface area contributed by atoms with Crippen molar-refractivity contribution in [3.8, 4) is 5.75 Å².